The number of halogens is 3. The van der Waals surface area contributed by atoms with Gasteiger partial charge in [-0.15, -0.1) is 0 Å². The predicted octanol–water partition coefficient (Wildman–Crippen LogP) is 5.00. The first-order valence-electron chi connectivity index (χ1n) is 5.02. The molecule has 2 unspecified atom stereocenters. The standard InChI is InChI=1S/C12H15BrClF/c1-7(2)12(13)8(3)9-4-5-11(15)10(14)6-9/h4-8,12H,1-3H3. The normalized spacial score (nSPS) is 15.4. The summed E-state index contributed by atoms with van der Waals surface area (Å²) < 4.78 is 13.0. The van der Waals surface area contributed by atoms with E-state index >= 15 is 0 Å². The highest BCUT2D eigenvalue weighted by atomic mass is 79.9. The van der Waals surface area contributed by atoms with Crippen molar-refractivity contribution in [1.29, 1.82) is 0 Å². The van der Waals surface area contributed by atoms with Crippen LogP contribution in [0, 0.1) is 11.7 Å². The first-order valence-corrected chi connectivity index (χ1v) is 6.32. The maximum absolute atomic E-state index is 13.0. The van der Waals surface area contributed by atoms with Gasteiger partial charge in [-0.2, -0.15) is 0 Å². The molecule has 0 heterocycles. The van der Waals surface area contributed by atoms with Gasteiger partial charge in [-0.3, -0.25) is 0 Å². The van der Waals surface area contributed by atoms with Crippen molar-refractivity contribution >= 4 is 27.5 Å². The van der Waals surface area contributed by atoms with Gasteiger partial charge in [-0.25, -0.2) is 4.39 Å². The van der Waals surface area contributed by atoms with Gasteiger partial charge in [-0.1, -0.05) is 54.4 Å². The second-order valence-electron chi connectivity index (χ2n) is 4.15. The van der Waals surface area contributed by atoms with Gasteiger partial charge >= 0.3 is 0 Å². The Morgan fingerprint density at radius 1 is 1.27 bits per heavy atom. The summed E-state index contributed by atoms with van der Waals surface area (Å²) in [5, 5.41) is 0.197. The predicted molar refractivity (Wildman–Crippen MR) is 67.4 cm³/mol. The van der Waals surface area contributed by atoms with Crippen LogP contribution in [0.25, 0.3) is 0 Å². The van der Waals surface area contributed by atoms with Crippen molar-refractivity contribution in [1.82, 2.24) is 0 Å². The Balaban J connectivity index is 2.91. The molecule has 15 heavy (non-hydrogen) atoms. The molecule has 0 nitrogen and oxygen atoms in total. The first-order chi connectivity index (χ1) is 6.93. The van der Waals surface area contributed by atoms with Gasteiger partial charge in [0, 0.05) is 4.83 Å². The summed E-state index contributed by atoms with van der Waals surface area (Å²) in [6, 6.07) is 4.93. The highest BCUT2D eigenvalue weighted by molar-refractivity contribution is 9.09. The van der Waals surface area contributed by atoms with Crippen LogP contribution in [0.5, 0.6) is 0 Å². The van der Waals surface area contributed by atoms with Gasteiger partial charge in [0.05, 0.1) is 5.02 Å². The van der Waals surface area contributed by atoms with E-state index in [1.165, 1.54) is 6.07 Å². The Morgan fingerprint density at radius 2 is 1.87 bits per heavy atom. The van der Waals surface area contributed by atoms with Crippen LogP contribution < -0.4 is 0 Å². The van der Waals surface area contributed by atoms with Gasteiger partial charge in [0.2, 0.25) is 0 Å². The van der Waals surface area contributed by atoms with Crippen molar-refractivity contribution in [3.63, 3.8) is 0 Å². The average Bonchev–Trinajstić information content (AvgIpc) is 2.19. The van der Waals surface area contributed by atoms with Gasteiger partial charge in [0.25, 0.3) is 0 Å². The minimum absolute atomic E-state index is 0.197. The SMILES string of the molecule is CC(C)C(Br)C(C)c1ccc(F)c(Cl)c1. The van der Waals surface area contributed by atoms with Crippen molar-refractivity contribution in [3.8, 4) is 0 Å². The molecule has 0 saturated carbocycles. The Bertz CT molecular complexity index is 338. The largest absolute Gasteiger partial charge is 0.205 e. The molecule has 0 aliphatic heterocycles. The molecule has 0 bridgehead atoms. The minimum atomic E-state index is -0.358. The molecule has 0 spiro atoms. The molecule has 0 aliphatic rings. The monoisotopic (exact) mass is 292 g/mol. The minimum Gasteiger partial charge on any atom is -0.205 e. The Labute approximate surface area is 104 Å². The molecule has 84 valence electrons. The van der Waals surface area contributed by atoms with E-state index in [-0.39, 0.29) is 10.8 Å². The van der Waals surface area contributed by atoms with Crippen molar-refractivity contribution in [2.24, 2.45) is 5.92 Å². The van der Waals surface area contributed by atoms with Crippen LogP contribution in [0.4, 0.5) is 4.39 Å². The summed E-state index contributed by atoms with van der Waals surface area (Å²) in [6.45, 7) is 6.42. The molecule has 2 atom stereocenters. The molecule has 0 saturated heterocycles. The summed E-state index contributed by atoms with van der Waals surface area (Å²) in [6.07, 6.45) is 0. The van der Waals surface area contributed by atoms with Crippen molar-refractivity contribution in [3.05, 3.63) is 34.6 Å². The van der Waals surface area contributed by atoms with Crippen LogP contribution in [0.2, 0.25) is 5.02 Å². The van der Waals surface area contributed by atoms with Gasteiger partial charge in [0.1, 0.15) is 5.82 Å². The van der Waals surface area contributed by atoms with E-state index in [1.54, 1.807) is 12.1 Å². The number of benzene rings is 1. The Morgan fingerprint density at radius 3 is 2.33 bits per heavy atom. The number of hydrogen-bond acceptors (Lipinski definition) is 0. The number of hydrogen-bond donors (Lipinski definition) is 0. The van der Waals surface area contributed by atoms with Gasteiger partial charge in [0.15, 0.2) is 0 Å². The molecule has 1 aromatic rings. The van der Waals surface area contributed by atoms with E-state index in [0.29, 0.717) is 16.7 Å². The second kappa shape index (κ2) is 5.31. The molecule has 3 heteroatoms. The zero-order chi connectivity index (χ0) is 11.6. The lowest BCUT2D eigenvalue weighted by Gasteiger charge is -2.22. The maximum Gasteiger partial charge on any atom is 0.141 e. The molecule has 0 radical (unpaired) electrons. The van der Waals surface area contributed by atoms with Crippen LogP contribution >= 0.6 is 27.5 Å². The molecular formula is C12H15BrClF. The van der Waals surface area contributed by atoms with E-state index in [2.05, 4.69) is 36.7 Å². The molecule has 1 rings (SSSR count). The zero-order valence-corrected chi connectivity index (χ0v) is 11.4. The molecular weight excluding hydrogens is 278 g/mol. The van der Waals surface area contributed by atoms with Gasteiger partial charge in [-0.05, 0) is 29.5 Å². The van der Waals surface area contributed by atoms with E-state index in [9.17, 15) is 4.39 Å². The summed E-state index contributed by atoms with van der Waals surface area (Å²) in [4.78, 5) is 0.374. The smallest absolute Gasteiger partial charge is 0.141 e. The summed E-state index contributed by atoms with van der Waals surface area (Å²) in [5.74, 6) is 0.496. The first kappa shape index (κ1) is 13.0. The van der Waals surface area contributed by atoms with E-state index in [0.717, 1.165) is 5.56 Å². The van der Waals surface area contributed by atoms with Gasteiger partial charge < -0.3 is 0 Å². The molecule has 0 aromatic heterocycles. The average molecular weight is 294 g/mol. The molecule has 0 N–H and O–H groups in total. The Kier molecular flexibility index (Phi) is 4.60. The summed E-state index contributed by atoms with van der Waals surface area (Å²) >= 11 is 9.40. The lowest BCUT2D eigenvalue weighted by atomic mass is 9.92. The van der Waals surface area contributed by atoms with Crippen LogP contribution in [0.15, 0.2) is 18.2 Å². The Hall–Kier alpha value is -0.0800. The van der Waals surface area contributed by atoms with Crippen LogP contribution in [0.1, 0.15) is 32.3 Å². The second-order valence-corrected chi connectivity index (χ2v) is 5.62. The number of rotatable bonds is 3. The third-order valence-corrected chi connectivity index (χ3v) is 4.72. The fourth-order valence-corrected chi connectivity index (χ4v) is 2.05. The lowest BCUT2D eigenvalue weighted by Crippen LogP contribution is -2.15. The fraction of sp³-hybridized carbons (Fsp3) is 0.500. The third kappa shape index (κ3) is 3.18. The molecule has 0 amide bonds. The summed E-state index contributed by atoms with van der Waals surface area (Å²) in [5.41, 5.74) is 1.07. The van der Waals surface area contributed by atoms with Crippen molar-refractivity contribution in [2.45, 2.75) is 31.5 Å². The fourth-order valence-electron chi connectivity index (χ4n) is 1.56. The lowest BCUT2D eigenvalue weighted by molar-refractivity contribution is 0.549. The van der Waals surface area contributed by atoms with Crippen LogP contribution in [-0.4, -0.2) is 4.83 Å². The van der Waals surface area contributed by atoms with Crippen LogP contribution in [-0.2, 0) is 0 Å². The highest BCUT2D eigenvalue weighted by Gasteiger charge is 2.19. The van der Waals surface area contributed by atoms with Crippen molar-refractivity contribution < 1.29 is 4.39 Å². The van der Waals surface area contributed by atoms with E-state index in [4.69, 9.17) is 11.6 Å². The topological polar surface area (TPSA) is 0 Å². The quantitative estimate of drug-likeness (QED) is 0.688. The molecule has 1 aromatic carbocycles. The highest BCUT2D eigenvalue weighted by Crippen LogP contribution is 2.31. The van der Waals surface area contributed by atoms with E-state index in [1.807, 2.05) is 0 Å². The molecule has 0 aliphatic carbocycles. The van der Waals surface area contributed by atoms with E-state index < -0.39 is 0 Å². The maximum atomic E-state index is 13.0. The van der Waals surface area contributed by atoms with Crippen LogP contribution in [0.3, 0.4) is 0 Å². The summed E-state index contributed by atoms with van der Waals surface area (Å²) in [7, 11) is 0. The number of alkyl halides is 1. The van der Waals surface area contributed by atoms with Crippen molar-refractivity contribution in [2.75, 3.05) is 0 Å². The third-order valence-electron chi connectivity index (χ3n) is 2.58. The molecule has 0 fully saturated rings. The zero-order valence-electron chi connectivity index (χ0n) is 9.10.